The molecule has 14 heavy (non-hydrogen) atoms. The molecule has 2 saturated carbocycles. The molecule has 0 aromatic carbocycles. The standard InChI is InChI=1S/C13H22O/c14-13-10-6-5-8-11-7-3-1-2-4-9-12(11)13/h11-12H,1-10H2/t11-,12-/m0/s1. The molecule has 0 N–H and O–H groups in total. The first-order valence-electron chi connectivity index (χ1n) is 6.40. The van der Waals surface area contributed by atoms with E-state index in [1.807, 2.05) is 0 Å². The second kappa shape index (κ2) is 4.95. The maximum absolute atomic E-state index is 11.9. The minimum Gasteiger partial charge on any atom is -0.299 e. The molecule has 2 aliphatic carbocycles. The quantitative estimate of drug-likeness (QED) is 0.574. The Bertz CT molecular complexity index is 197. The first-order chi connectivity index (χ1) is 6.88. The molecule has 0 spiro atoms. The van der Waals surface area contributed by atoms with Crippen molar-refractivity contribution in [1.29, 1.82) is 0 Å². The molecule has 80 valence electrons. The summed E-state index contributed by atoms with van der Waals surface area (Å²) in [6.07, 6.45) is 12.6. The fourth-order valence-corrected chi connectivity index (χ4v) is 3.22. The van der Waals surface area contributed by atoms with Crippen molar-refractivity contribution < 1.29 is 4.79 Å². The predicted molar refractivity (Wildman–Crippen MR) is 58.2 cm³/mol. The molecular weight excluding hydrogens is 172 g/mol. The van der Waals surface area contributed by atoms with Crippen LogP contribution in [0.15, 0.2) is 0 Å². The van der Waals surface area contributed by atoms with Crippen molar-refractivity contribution in [2.24, 2.45) is 11.8 Å². The maximum atomic E-state index is 11.9. The van der Waals surface area contributed by atoms with Gasteiger partial charge in [-0.15, -0.1) is 0 Å². The average molecular weight is 194 g/mol. The van der Waals surface area contributed by atoms with E-state index in [2.05, 4.69) is 0 Å². The van der Waals surface area contributed by atoms with Crippen LogP contribution in [0.5, 0.6) is 0 Å². The Morgan fingerprint density at radius 1 is 0.786 bits per heavy atom. The lowest BCUT2D eigenvalue weighted by atomic mass is 9.78. The Hall–Kier alpha value is -0.330. The van der Waals surface area contributed by atoms with Crippen molar-refractivity contribution in [1.82, 2.24) is 0 Å². The van der Waals surface area contributed by atoms with Gasteiger partial charge < -0.3 is 0 Å². The van der Waals surface area contributed by atoms with Crippen LogP contribution in [0.2, 0.25) is 0 Å². The second-order valence-corrected chi connectivity index (χ2v) is 5.07. The third-order valence-electron chi connectivity index (χ3n) is 4.07. The van der Waals surface area contributed by atoms with Gasteiger partial charge >= 0.3 is 0 Å². The third-order valence-corrected chi connectivity index (χ3v) is 4.07. The number of hydrogen-bond donors (Lipinski definition) is 0. The molecule has 2 fully saturated rings. The lowest BCUT2D eigenvalue weighted by Crippen LogP contribution is -2.23. The zero-order chi connectivity index (χ0) is 9.80. The molecule has 0 aromatic heterocycles. The number of rotatable bonds is 0. The Labute approximate surface area is 87.3 Å². The maximum Gasteiger partial charge on any atom is 0.136 e. The van der Waals surface area contributed by atoms with Crippen LogP contribution < -0.4 is 0 Å². The summed E-state index contributed by atoms with van der Waals surface area (Å²) in [7, 11) is 0. The van der Waals surface area contributed by atoms with E-state index < -0.39 is 0 Å². The van der Waals surface area contributed by atoms with Crippen molar-refractivity contribution in [3.8, 4) is 0 Å². The smallest absolute Gasteiger partial charge is 0.136 e. The van der Waals surface area contributed by atoms with E-state index in [1.54, 1.807) is 0 Å². The average Bonchev–Trinajstić information content (AvgIpc) is 2.28. The highest BCUT2D eigenvalue weighted by atomic mass is 16.1. The highest BCUT2D eigenvalue weighted by Crippen LogP contribution is 2.35. The van der Waals surface area contributed by atoms with Crippen molar-refractivity contribution in [2.75, 3.05) is 0 Å². The molecule has 0 aliphatic heterocycles. The van der Waals surface area contributed by atoms with Gasteiger partial charge in [-0.25, -0.2) is 0 Å². The third kappa shape index (κ3) is 2.37. The predicted octanol–water partition coefficient (Wildman–Crippen LogP) is 3.72. The van der Waals surface area contributed by atoms with E-state index in [4.69, 9.17) is 0 Å². The number of Topliss-reactive ketones (excluding diaryl/α,β-unsaturated/α-hetero) is 1. The van der Waals surface area contributed by atoms with Crippen molar-refractivity contribution in [3.05, 3.63) is 0 Å². The van der Waals surface area contributed by atoms with Crippen LogP contribution in [-0.4, -0.2) is 5.78 Å². The van der Waals surface area contributed by atoms with Gasteiger partial charge in [0.1, 0.15) is 5.78 Å². The van der Waals surface area contributed by atoms with Crippen LogP contribution >= 0.6 is 0 Å². The molecule has 0 amide bonds. The molecule has 1 heteroatoms. The van der Waals surface area contributed by atoms with Gasteiger partial charge in [-0.2, -0.15) is 0 Å². The number of ketones is 1. The highest BCUT2D eigenvalue weighted by Gasteiger charge is 2.29. The van der Waals surface area contributed by atoms with Crippen LogP contribution in [0.1, 0.15) is 64.2 Å². The van der Waals surface area contributed by atoms with Gasteiger partial charge in [-0.05, 0) is 31.6 Å². The largest absolute Gasteiger partial charge is 0.299 e. The van der Waals surface area contributed by atoms with Gasteiger partial charge in [0.05, 0.1) is 0 Å². The van der Waals surface area contributed by atoms with Gasteiger partial charge in [0.15, 0.2) is 0 Å². The molecule has 0 bridgehead atoms. The number of carbonyl (C=O) groups is 1. The molecule has 0 saturated heterocycles. The number of carbonyl (C=O) groups excluding carboxylic acids is 1. The van der Waals surface area contributed by atoms with Gasteiger partial charge in [0, 0.05) is 12.3 Å². The molecule has 0 unspecified atom stereocenters. The summed E-state index contributed by atoms with van der Waals surface area (Å²) in [6.45, 7) is 0. The summed E-state index contributed by atoms with van der Waals surface area (Å²) in [5.74, 6) is 1.80. The molecule has 2 aliphatic rings. The molecule has 0 aromatic rings. The first kappa shape index (κ1) is 10.2. The molecule has 1 nitrogen and oxygen atoms in total. The monoisotopic (exact) mass is 194 g/mol. The van der Waals surface area contributed by atoms with Gasteiger partial charge in [-0.1, -0.05) is 32.1 Å². The van der Waals surface area contributed by atoms with Gasteiger partial charge in [0.25, 0.3) is 0 Å². The van der Waals surface area contributed by atoms with Crippen molar-refractivity contribution >= 4 is 5.78 Å². The summed E-state index contributed by atoms with van der Waals surface area (Å²) < 4.78 is 0. The fourth-order valence-electron chi connectivity index (χ4n) is 3.22. The van der Waals surface area contributed by atoms with Crippen molar-refractivity contribution in [3.63, 3.8) is 0 Å². The van der Waals surface area contributed by atoms with Crippen LogP contribution in [0, 0.1) is 11.8 Å². The van der Waals surface area contributed by atoms with E-state index in [0.29, 0.717) is 11.7 Å². The highest BCUT2D eigenvalue weighted by molar-refractivity contribution is 5.81. The van der Waals surface area contributed by atoms with Gasteiger partial charge in [-0.3, -0.25) is 4.79 Å². The SMILES string of the molecule is O=C1CCCC[C@@H]2CCCCCC[C@H]12. The summed E-state index contributed by atoms with van der Waals surface area (Å²) in [6, 6.07) is 0. The van der Waals surface area contributed by atoms with E-state index in [-0.39, 0.29) is 0 Å². The Morgan fingerprint density at radius 3 is 2.21 bits per heavy atom. The molecular formula is C13H22O. The summed E-state index contributed by atoms with van der Waals surface area (Å²) in [5.41, 5.74) is 0. The van der Waals surface area contributed by atoms with E-state index >= 15 is 0 Å². The Kier molecular flexibility index (Phi) is 3.61. The van der Waals surface area contributed by atoms with E-state index in [0.717, 1.165) is 18.8 Å². The minimum absolute atomic E-state index is 0.456. The second-order valence-electron chi connectivity index (χ2n) is 5.07. The minimum atomic E-state index is 0.456. The summed E-state index contributed by atoms with van der Waals surface area (Å²) in [5, 5.41) is 0. The molecule has 0 radical (unpaired) electrons. The van der Waals surface area contributed by atoms with Crippen molar-refractivity contribution in [2.45, 2.75) is 64.2 Å². The first-order valence-corrected chi connectivity index (χ1v) is 6.40. The van der Waals surface area contributed by atoms with Crippen LogP contribution in [0.3, 0.4) is 0 Å². The fraction of sp³-hybridized carbons (Fsp3) is 0.923. The lowest BCUT2D eigenvalue weighted by molar-refractivity contribution is -0.124. The zero-order valence-corrected chi connectivity index (χ0v) is 9.13. The zero-order valence-electron chi connectivity index (χ0n) is 9.13. The normalized spacial score (nSPS) is 35.3. The number of hydrogen-bond acceptors (Lipinski definition) is 1. The number of fused-ring (bicyclic) bond motifs is 1. The van der Waals surface area contributed by atoms with E-state index in [9.17, 15) is 4.79 Å². The topological polar surface area (TPSA) is 17.1 Å². The lowest BCUT2D eigenvalue weighted by Gasteiger charge is -2.26. The van der Waals surface area contributed by atoms with E-state index in [1.165, 1.54) is 51.4 Å². The molecule has 2 atom stereocenters. The summed E-state index contributed by atoms with van der Waals surface area (Å²) in [4.78, 5) is 11.9. The summed E-state index contributed by atoms with van der Waals surface area (Å²) >= 11 is 0. The molecule has 0 heterocycles. The van der Waals surface area contributed by atoms with Crippen LogP contribution in [0.25, 0.3) is 0 Å². The molecule has 2 rings (SSSR count). The Morgan fingerprint density at radius 2 is 1.43 bits per heavy atom. The van der Waals surface area contributed by atoms with Crippen LogP contribution in [0.4, 0.5) is 0 Å². The van der Waals surface area contributed by atoms with Gasteiger partial charge in [0.2, 0.25) is 0 Å². The Balaban J connectivity index is 2.03. The van der Waals surface area contributed by atoms with Crippen LogP contribution in [-0.2, 0) is 4.79 Å².